The first-order chi connectivity index (χ1) is 3.31. The maximum Gasteiger partial charge on any atom is 0.0549 e. The van der Waals surface area contributed by atoms with Crippen LogP contribution in [-0.4, -0.2) is 21.7 Å². The van der Waals surface area contributed by atoms with Crippen molar-refractivity contribution < 1.29 is 9.32 Å². The van der Waals surface area contributed by atoms with Crippen LogP contribution in [0.25, 0.3) is 0 Å². The molecule has 1 atom stereocenters. The maximum atomic E-state index is 10.2. The molecule has 0 aromatic carbocycles. The van der Waals surface area contributed by atoms with Crippen molar-refractivity contribution in [3.05, 3.63) is 12.0 Å². The van der Waals surface area contributed by atoms with Gasteiger partial charge in [-0.25, -0.2) is 0 Å². The fourth-order valence-corrected chi connectivity index (χ4v) is 0.520. The molecule has 7 heavy (non-hydrogen) atoms. The van der Waals surface area contributed by atoms with Crippen molar-refractivity contribution in [1.29, 1.82) is 0 Å². The molecular weight excluding hydrogens is 112 g/mol. The van der Waals surface area contributed by atoms with E-state index < -0.39 is 10.8 Å². The van der Waals surface area contributed by atoms with Crippen LogP contribution < -0.4 is 0 Å². The van der Waals surface area contributed by atoms with Gasteiger partial charge in [0.25, 0.3) is 0 Å². The Labute approximate surface area is 45.3 Å². The first-order valence-corrected chi connectivity index (χ1v) is 3.30. The van der Waals surface area contributed by atoms with E-state index in [0.717, 1.165) is 0 Å². The Bertz CT molecular complexity index is 79.8. The molecule has 0 fully saturated rings. The van der Waals surface area contributed by atoms with E-state index in [1.165, 1.54) is 5.41 Å². The molecule has 0 heterocycles. The second-order valence-corrected chi connectivity index (χ2v) is 2.48. The summed E-state index contributed by atoms with van der Waals surface area (Å²) in [5.74, 6) is 0.309. The summed E-state index contributed by atoms with van der Waals surface area (Å²) >= 11 is 0. The Morgan fingerprint density at radius 1 is 1.86 bits per heavy atom. The summed E-state index contributed by atoms with van der Waals surface area (Å²) in [6.45, 7) is 3.24. The standard InChI is InChI=1S/C4H8O2S/c1-2-7(6)4-3-5/h2,5H,1,3-4H2. The molecule has 0 rings (SSSR count). The molecule has 0 saturated carbocycles. The number of hydrogen-bond acceptors (Lipinski definition) is 2. The second kappa shape index (κ2) is 4.02. The van der Waals surface area contributed by atoms with E-state index in [4.69, 9.17) is 5.11 Å². The minimum absolute atomic E-state index is 0.0291. The van der Waals surface area contributed by atoms with Gasteiger partial charge >= 0.3 is 0 Å². The van der Waals surface area contributed by atoms with Gasteiger partial charge in [0.05, 0.1) is 12.4 Å². The summed E-state index contributed by atoms with van der Waals surface area (Å²) in [6.07, 6.45) is 0. The molecule has 0 radical (unpaired) electrons. The Balaban J connectivity index is 3.17. The van der Waals surface area contributed by atoms with Crippen LogP contribution in [-0.2, 0) is 10.8 Å². The highest BCUT2D eigenvalue weighted by Crippen LogP contribution is 1.77. The summed E-state index contributed by atoms with van der Waals surface area (Å²) in [5, 5.41) is 9.44. The van der Waals surface area contributed by atoms with Gasteiger partial charge in [0, 0.05) is 10.8 Å². The van der Waals surface area contributed by atoms with Crippen LogP contribution in [0, 0.1) is 0 Å². The Kier molecular flexibility index (Phi) is 3.93. The predicted octanol–water partition coefficient (Wildman–Crippen LogP) is -0.129. The molecule has 0 aliphatic carbocycles. The highest BCUT2D eigenvalue weighted by Gasteiger charge is 1.85. The van der Waals surface area contributed by atoms with Crippen molar-refractivity contribution in [3.63, 3.8) is 0 Å². The van der Waals surface area contributed by atoms with Crippen molar-refractivity contribution >= 4 is 10.8 Å². The normalized spacial score (nSPS) is 13.3. The van der Waals surface area contributed by atoms with Gasteiger partial charge in [0.1, 0.15) is 0 Å². The molecule has 2 nitrogen and oxygen atoms in total. The third-order valence-corrected chi connectivity index (χ3v) is 1.44. The summed E-state index contributed by atoms with van der Waals surface area (Å²) in [7, 11) is -1.01. The van der Waals surface area contributed by atoms with Gasteiger partial charge < -0.3 is 5.11 Å². The monoisotopic (exact) mass is 120 g/mol. The Morgan fingerprint density at radius 2 is 2.43 bits per heavy atom. The smallest absolute Gasteiger partial charge is 0.0549 e. The lowest BCUT2D eigenvalue weighted by Gasteiger charge is -1.84. The van der Waals surface area contributed by atoms with E-state index in [-0.39, 0.29) is 6.61 Å². The lowest BCUT2D eigenvalue weighted by atomic mass is 10.9. The Morgan fingerprint density at radius 3 is 2.57 bits per heavy atom. The van der Waals surface area contributed by atoms with Gasteiger partial charge in [0.15, 0.2) is 0 Å². The topological polar surface area (TPSA) is 37.3 Å². The summed E-state index contributed by atoms with van der Waals surface area (Å²) in [4.78, 5) is 0. The summed E-state index contributed by atoms with van der Waals surface area (Å²) in [5.41, 5.74) is 0. The van der Waals surface area contributed by atoms with Crippen LogP contribution in [0.1, 0.15) is 0 Å². The third-order valence-electron chi connectivity index (χ3n) is 0.478. The fraction of sp³-hybridized carbons (Fsp3) is 0.500. The minimum Gasteiger partial charge on any atom is -0.395 e. The second-order valence-electron chi connectivity index (χ2n) is 0.975. The van der Waals surface area contributed by atoms with E-state index in [1.807, 2.05) is 0 Å². The molecule has 0 aromatic heterocycles. The molecule has 0 aliphatic heterocycles. The van der Waals surface area contributed by atoms with Crippen molar-refractivity contribution in [3.8, 4) is 0 Å². The molecule has 0 aliphatic rings. The first-order valence-electron chi connectivity index (χ1n) is 1.92. The van der Waals surface area contributed by atoms with Crippen LogP contribution in [0.15, 0.2) is 12.0 Å². The van der Waals surface area contributed by atoms with Gasteiger partial charge in [-0.3, -0.25) is 4.21 Å². The molecule has 0 spiro atoms. The number of rotatable bonds is 3. The fourth-order valence-electron chi connectivity index (χ4n) is 0.173. The van der Waals surface area contributed by atoms with Crippen LogP contribution in [0.4, 0.5) is 0 Å². The van der Waals surface area contributed by atoms with Crippen LogP contribution in [0.2, 0.25) is 0 Å². The minimum atomic E-state index is -1.01. The average molecular weight is 120 g/mol. The first kappa shape index (κ1) is 6.85. The van der Waals surface area contributed by atoms with Crippen LogP contribution >= 0.6 is 0 Å². The summed E-state index contributed by atoms with van der Waals surface area (Å²) < 4.78 is 10.2. The quantitative estimate of drug-likeness (QED) is 0.563. The third kappa shape index (κ3) is 3.69. The van der Waals surface area contributed by atoms with Crippen molar-refractivity contribution in [2.24, 2.45) is 0 Å². The van der Waals surface area contributed by atoms with Crippen molar-refractivity contribution in [2.45, 2.75) is 0 Å². The lowest BCUT2D eigenvalue weighted by molar-refractivity contribution is 0.321. The average Bonchev–Trinajstić information content (AvgIpc) is 1.68. The number of aliphatic hydroxyl groups excluding tert-OH is 1. The molecule has 0 amide bonds. The van der Waals surface area contributed by atoms with E-state index in [1.54, 1.807) is 0 Å². The number of aliphatic hydroxyl groups is 1. The maximum absolute atomic E-state index is 10.2. The lowest BCUT2D eigenvalue weighted by Crippen LogP contribution is -1.96. The van der Waals surface area contributed by atoms with Gasteiger partial charge in [-0.05, 0) is 5.41 Å². The molecule has 0 bridgehead atoms. The predicted molar refractivity (Wildman–Crippen MR) is 30.3 cm³/mol. The number of hydrogen-bond donors (Lipinski definition) is 1. The van der Waals surface area contributed by atoms with E-state index in [2.05, 4.69) is 6.58 Å². The largest absolute Gasteiger partial charge is 0.395 e. The van der Waals surface area contributed by atoms with Crippen LogP contribution in [0.3, 0.4) is 0 Å². The van der Waals surface area contributed by atoms with Gasteiger partial charge in [-0.2, -0.15) is 0 Å². The summed E-state index contributed by atoms with van der Waals surface area (Å²) in [6, 6.07) is 0. The molecule has 3 heteroatoms. The zero-order chi connectivity index (χ0) is 5.70. The van der Waals surface area contributed by atoms with Gasteiger partial charge in [0.2, 0.25) is 0 Å². The zero-order valence-electron chi connectivity index (χ0n) is 3.96. The van der Waals surface area contributed by atoms with E-state index >= 15 is 0 Å². The van der Waals surface area contributed by atoms with Gasteiger partial charge in [-0.15, -0.1) is 0 Å². The van der Waals surface area contributed by atoms with Crippen molar-refractivity contribution in [2.75, 3.05) is 12.4 Å². The van der Waals surface area contributed by atoms with Gasteiger partial charge in [-0.1, -0.05) is 6.58 Å². The molecule has 0 aromatic rings. The SMILES string of the molecule is C=CS(=O)CCO. The van der Waals surface area contributed by atoms with E-state index in [9.17, 15) is 4.21 Å². The van der Waals surface area contributed by atoms with Crippen LogP contribution in [0.5, 0.6) is 0 Å². The molecular formula is C4H8O2S. The molecule has 1 N–H and O–H groups in total. The molecule has 1 unspecified atom stereocenters. The highest BCUT2D eigenvalue weighted by molar-refractivity contribution is 7.87. The molecule has 42 valence electrons. The van der Waals surface area contributed by atoms with E-state index in [0.29, 0.717) is 5.75 Å². The van der Waals surface area contributed by atoms with Crippen molar-refractivity contribution in [1.82, 2.24) is 0 Å². The Hall–Kier alpha value is -0.150. The zero-order valence-corrected chi connectivity index (χ0v) is 4.78. The molecule has 0 saturated heterocycles. The highest BCUT2D eigenvalue weighted by atomic mass is 32.2.